The predicted octanol–water partition coefficient (Wildman–Crippen LogP) is 2.34. The van der Waals surface area contributed by atoms with Crippen molar-refractivity contribution in [1.29, 1.82) is 0 Å². The van der Waals surface area contributed by atoms with Crippen molar-refractivity contribution in [3.8, 4) is 11.1 Å². The first kappa shape index (κ1) is 12.5. The van der Waals surface area contributed by atoms with Crippen molar-refractivity contribution < 1.29 is 10.0 Å². The first-order valence-electron chi connectivity index (χ1n) is 4.99. The van der Waals surface area contributed by atoms with Crippen molar-refractivity contribution in [2.75, 3.05) is 0 Å². The molecule has 0 aliphatic rings. The molecule has 0 atom stereocenters. The summed E-state index contributed by atoms with van der Waals surface area (Å²) in [7, 11) is -1.45. The van der Waals surface area contributed by atoms with Crippen molar-refractivity contribution in [3.63, 3.8) is 0 Å². The maximum absolute atomic E-state index is 8.98. The molecule has 2 rings (SSSR count). The fraction of sp³-hybridized carbons (Fsp3) is 0. The molecule has 5 heteroatoms. The van der Waals surface area contributed by atoms with Crippen LogP contribution in [0.3, 0.4) is 0 Å². The molecular weight excluding hydrogens is 258 g/mol. The molecule has 0 unspecified atom stereocenters. The first-order chi connectivity index (χ1) is 8.08. The topological polar surface area (TPSA) is 40.5 Å². The highest BCUT2D eigenvalue weighted by molar-refractivity contribution is 6.58. The fourth-order valence-electron chi connectivity index (χ4n) is 1.52. The van der Waals surface area contributed by atoms with Gasteiger partial charge < -0.3 is 10.0 Å². The highest BCUT2D eigenvalue weighted by Crippen LogP contribution is 2.28. The molecule has 2 nitrogen and oxygen atoms in total. The van der Waals surface area contributed by atoms with E-state index in [2.05, 4.69) is 0 Å². The summed E-state index contributed by atoms with van der Waals surface area (Å²) >= 11 is 11.8. The van der Waals surface area contributed by atoms with E-state index in [9.17, 15) is 0 Å². The van der Waals surface area contributed by atoms with Crippen LogP contribution in [0.15, 0.2) is 42.5 Å². The second-order valence-electron chi connectivity index (χ2n) is 3.62. The molecular formula is C12H9BCl2O2. The minimum absolute atomic E-state index is 0.453. The minimum atomic E-state index is -1.45. The van der Waals surface area contributed by atoms with Gasteiger partial charge in [0.25, 0.3) is 0 Å². The van der Waals surface area contributed by atoms with E-state index < -0.39 is 7.12 Å². The molecule has 0 saturated carbocycles. The Balaban J connectivity index is 2.36. The summed E-state index contributed by atoms with van der Waals surface area (Å²) in [6, 6.07) is 12.3. The molecule has 17 heavy (non-hydrogen) atoms. The smallest absolute Gasteiger partial charge is 0.423 e. The van der Waals surface area contributed by atoms with Gasteiger partial charge in [-0.3, -0.25) is 0 Å². The summed E-state index contributed by atoms with van der Waals surface area (Å²) < 4.78 is 0. The zero-order valence-electron chi connectivity index (χ0n) is 8.77. The standard InChI is InChI=1S/C12H9BCl2O2/c14-11-6-3-9(7-12(11)15)8-1-4-10(5-2-8)13(16)17/h1-7,16-17H. The van der Waals surface area contributed by atoms with Crippen LogP contribution in [0, 0.1) is 0 Å². The van der Waals surface area contributed by atoms with Crippen molar-refractivity contribution in [1.82, 2.24) is 0 Å². The molecule has 2 N–H and O–H groups in total. The highest BCUT2D eigenvalue weighted by Gasteiger charge is 2.10. The number of benzene rings is 2. The molecule has 0 spiro atoms. The van der Waals surface area contributed by atoms with Crippen molar-refractivity contribution in [2.45, 2.75) is 0 Å². The molecule has 0 bridgehead atoms. The zero-order chi connectivity index (χ0) is 12.4. The Morgan fingerprint density at radius 2 is 1.35 bits per heavy atom. The average molecular weight is 267 g/mol. The Bertz CT molecular complexity index is 527. The predicted molar refractivity (Wildman–Crippen MR) is 71.7 cm³/mol. The highest BCUT2D eigenvalue weighted by atomic mass is 35.5. The van der Waals surface area contributed by atoms with Crippen LogP contribution in [-0.4, -0.2) is 17.2 Å². The summed E-state index contributed by atoms with van der Waals surface area (Å²) in [5.74, 6) is 0. The van der Waals surface area contributed by atoms with Gasteiger partial charge in [0.15, 0.2) is 0 Å². The van der Waals surface area contributed by atoms with Crippen LogP contribution in [0.2, 0.25) is 10.0 Å². The SMILES string of the molecule is OB(O)c1ccc(-c2ccc(Cl)c(Cl)c2)cc1. The van der Waals surface area contributed by atoms with E-state index in [1.54, 1.807) is 36.4 Å². The van der Waals surface area contributed by atoms with Gasteiger partial charge in [-0.15, -0.1) is 0 Å². The van der Waals surface area contributed by atoms with Crippen LogP contribution in [0.1, 0.15) is 0 Å². The largest absolute Gasteiger partial charge is 0.488 e. The van der Waals surface area contributed by atoms with Crippen LogP contribution in [-0.2, 0) is 0 Å². The van der Waals surface area contributed by atoms with Gasteiger partial charge in [0.1, 0.15) is 0 Å². The van der Waals surface area contributed by atoms with Crippen LogP contribution < -0.4 is 5.46 Å². The lowest BCUT2D eigenvalue weighted by atomic mass is 9.80. The second kappa shape index (κ2) is 5.11. The second-order valence-corrected chi connectivity index (χ2v) is 4.44. The van der Waals surface area contributed by atoms with Gasteiger partial charge in [-0.05, 0) is 28.7 Å². The van der Waals surface area contributed by atoms with E-state index in [1.807, 2.05) is 6.07 Å². The van der Waals surface area contributed by atoms with E-state index in [4.69, 9.17) is 33.2 Å². The van der Waals surface area contributed by atoms with Gasteiger partial charge in [0.2, 0.25) is 0 Å². The molecule has 0 aliphatic carbocycles. The zero-order valence-corrected chi connectivity index (χ0v) is 10.3. The van der Waals surface area contributed by atoms with E-state index in [0.717, 1.165) is 11.1 Å². The summed E-state index contributed by atoms with van der Waals surface area (Å²) in [4.78, 5) is 0. The Labute approximate surface area is 110 Å². The quantitative estimate of drug-likeness (QED) is 0.820. The Morgan fingerprint density at radius 3 is 1.88 bits per heavy atom. The number of rotatable bonds is 2. The lowest BCUT2D eigenvalue weighted by Gasteiger charge is -2.05. The maximum Gasteiger partial charge on any atom is 0.488 e. The normalized spacial score (nSPS) is 10.4. The summed E-state index contributed by atoms with van der Waals surface area (Å²) in [6.45, 7) is 0. The Hall–Kier alpha value is -0.995. The van der Waals surface area contributed by atoms with Gasteiger partial charge in [-0.2, -0.15) is 0 Å². The lowest BCUT2D eigenvalue weighted by Crippen LogP contribution is -2.29. The monoisotopic (exact) mass is 266 g/mol. The van der Waals surface area contributed by atoms with Gasteiger partial charge in [0.05, 0.1) is 10.0 Å². The van der Waals surface area contributed by atoms with Crippen molar-refractivity contribution >= 4 is 35.8 Å². The molecule has 2 aromatic rings. The van der Waals surface area contributed by atoms with Crippen molar-refractivity contribution in [3.05, 3.63) is 52.5 Å². The molecule has 0 aliphatic heterocycles. The third-order valence-corrected chi connectivity index (χ3v) is 3.20. The maximum atomic E-state index is 8.98. The number of hydrogen-bond donors (Lipinski definition) is 2. The molecule has 0 amide bonds. The lowest BCUT2D eigenvalue weighted by molar-refractivity contribution is 0.426. The van der Waals surface area contributed by atoms with E-state index in [1.165, 1.54) is 0 Å². The first-order valence-corrected chi connectivity index (χ1v) is 5.75. The fourth-order valence-corrected chi connectivity index (χ4v) is 1.82. The Kier molecular flexibility index (Phi) is 3.74. The van der Waals surface area contributed by atoms with Crippen molar-refractivity contribution in [2.24, 2.45) is 0 Å². The third kappa shape index (κ3) is 2.82. The molecule has 0 aromatic heterocycles. The van der Waals surface area contributed by atoms with Crippen LogP contribution in [0.25, 0.3) is 11.1 Å². The van der Waals surface area contributed by atoms with Crippen LogP contribution in [0.4, 0.5) is 0 Å². The average Bonchev–Trinajstić information content (AvgIpc) is 2.33. The molecule has 86 valence electrons. The van der Waals surface area contributed by atoms with Gasteiger partial charge >= 0.3 is 7.12 Å². The van der Waals surface area contributed by atoms with Crippen LogP contribution in [0.5, 0.6) is 0 Å². The Morgan fingerprint density at radius 1 is 0.765 bits per heavy atom. The number of halogens is 2. The van der Waals surface area contributed by atoms with Gasteiger partial charge in [-0.25, -0.2) is 0 Å². The van der Waals surface area contributed by atoms with Crippen LogP contribution >= 0.6 is 23.2 Å². The van der Waals surface area contributed by atoms with E-state index in [0.29, 0.717) is 15.5 Å². The summed E-state index contributed by atoms with van der Waals surface area (Å²) in [5, 5.41) is 19.0. The van der Waals surface area contributed by atoms with E-state index in [-0.39, 0.29) is 0 Å². The molecule has 2 aromatic carbocycles. The number of hydrogen-bond acceptors (Lipinski definition) is 2. The molecule has 0 saturated heterocycles. The third-order valence-electron chi connectivity index (χ3n) is 2.46. The molecule has 0 radical (unpaired) electrons. The minimum Gasteiger partial charge on any atom is -0.423 e. The summed E-state index contributed by atoms with van der Waals surface area (Å²) in [5.41, 5.74) is 2.32. The molecule has 0 fully saturated rings. The summed E-state index contributed by atoms with van der Waals surface area (Å²) in [6.07, 6.45) is 0. The molecule has 0 heterocycles. The van der Waals surface area contributed by atoms with E-state index >= 15 is 0 Å². The van der Waals surface area contributed by atoms with Gasteiger partial charge in [-0.1, -0.05) is 53.5 Å². The van der Waals surface area contributed by atoms with Gasteiger partial charge in [0, 0.05) is 0 Å².